The Bertz CT molecular complexity index is 638. The molecule has 0 spiro atoms. The van der Waals surface area contributed by atoms with Gasteiger partial charge in [0, 0.05) is 24.6 Å². The third-order valence-electron chi connectivity index (χ3n) is 3.48. The summed E-state index contributed by atoms with van der Waals surface area (Å²) in [4.78, 5) is 8.33. The zero-order valence-electron chi connectivity index (χ0n) is 11.6. The average Bonchev–Trinajstić information content (AvgIpc) is 2.50. The first kappa shape index (κ1) is 13.6. The summed E-state index contributed by atoms with van der Waals surface area (Å²) in [7, 11) is 0. The first-order valence-electron chi connectivity index (χ1n) is 7.00. The molecular formula is C17H16N2O2. The summed E-state index contributed by atoms with van der Waals surface area (Å²) in [6.07, 6.45) is 5.20. The van der Waals surface area contributed by atoms with E-state index in [4.69, 9.17) is 9.84 Å². The van der Waals surface area contributed by atoms with Crippen molar-refractivity contribution in [1.29, 1.82) is 0 Å². The highest BCUT2D eigenvalue weighted by atomic mass is 16.5. The fraction of sp³-hybridized carbons (Fsp3) is 0.294. The van der Waals surface area contributed by atoms with Gasteiger partial charge in [-0.25, -0.2) is 9.97 Å². The van der Waals surface area contributed by atoms with E-state index >= 15 is 0 Å². The Balaban J connectivity index is 1.59. The summed E-state index contributed by atoms with van der Waals surface area (Å²) in [5.41, 5.74) is 1.72. The zero-order chi connectivity index (χ0) is 14.5. The number of ether oxygens (including phenoxy) is 1. The Morgan fingerprint density at radius 1 is 1.05 bits per heavy atom. The van der Waals surface area contributed by atoms with Gasteiger partial charge in [0.05, 0.1) is 5.56 Å². The molecule has 1 aliphatic carbocycles. The van der Waals surface area contributed by atoms with Crippen molar-refractivity contribution in [2.45, 2.75) is 18.9 Å². The minimum absolute atomic E-state index is 0.128. The molecule has 21 heavy (non-hydrogen) atoms. The first-order chi connectivity index (χ1) is 10.3. The van der Waals surface area contributed by atoms with Gasteiger partial charge >= 0.3 is 6.01 Å². The SMILES string of the molecule is OC[C@H]1C[C@H](Oc2ncc(C#Cc3ccccc3)cn2)C1. The van der Waals surface area contributed by atoms with E-state index in [1.165, 1.54) is 0 Å². The molecular weight excluding hydrogens is 264 g/mol. The molecule has 1 N–H and O–H groups in total. The van der Waals surface area contributed by atoms with Gasteiger partial charge in [-0.3, -0.25) is 0 Å². The Morgan fingerprint density at radius 3 is 2.38 bits per heavy atom. The number of rotatable bonds is 3. The molecule has 2 aromatic rings. The van der Waals surface area contributed by atoms with Gasteiger partial charge in [-0.05, 0) is 30.9 Å². The second kappa shape index (κ2) is 6.38. The lowest BCUT2D eigenvalue weighted by Gasteiger charge is -2.33. The van der Waals surface area contributed by atoms with Crippen molar-refractivity contribution in [1.82, 2.24) is 9.97 Å². The van der Waals surface area contributed by atoms with Crippen LogP contribution in [0.15, 0.2) is 42.7 Å². The quantitative estimate of drug-likeness (QED) is 0.874. The molecule has 0 atom stereocenters. The van der Waals surface area contributed by atoms with Crippen LogP contribution in [-0.4, -0.2) is 27.8 Å². The van der Waals surface area contributed by atoms with E-state index in [1.807, 2.05) is 30.3 Å². The number of hydrogen-bond donors (Lipinski definition) is 1. The highest BCUT2D eigenvalue weighted by molar-refractivity contribution is 5.40. The van der Waals surface area contributed by atoms with Crippen LogP contribution < -0.4 is 4.74 Å². The second-order valence-corrected chi connectivity index (χ2v) is 5.13. The monoisotopic (exact) mass is 280 g/mol. The van der Waals surface area contributed by atoms with Gasteiger partial charge in [-0.1, -0.05) is 30.0 Å². The molecule has 0 radical (unpaired) electrons. The predicted molar refractivity (Wildman–Crippen MR) is 78.7 cm³/mol. The van der Waals surface area contributed by atoms with Gasteiger partial charge in [-0.2, -0.15) is 0 Å². The minimum atomic E-state index is 0.128. The van der Waals surface area contributed by atoms with Crippen LogP contribution in [0.4, 0.5) is 0 Å². The van der Waals surface area contributed by atoms with Gasteiger partial charge < -0.3 is 9.84 Å². The van der Waals surface area contributed by atoms with Gasteiger partial charge in [0.15, 0.2) is 0 Å². The molecule has 0 amide bonds. The van der Waals surface area contributed by atoms with Crippen molar-refractivity contribution in [3.8, 4) is 17.9 Å². The van der Waals surface area contributed by atoms with Crippen molar-refractivity contribution in [3.05, 3.63) is 53.9 Å². The molecule has 1 aliphatic rings. The zero-order valence-corrected chi connectivity index (χ0v) is 11.6. The minimum Gasteiger partial charge on any atom is -0.460 e. The van der Waals surface area contributed by atoms with E-state index in [-0.39, 0.29) is 12.7 Å². The van der Waals surface area contributed by atoms with Gasteiger partial charge in [0.1, 0.15) is 6.10 Å². The Hall–Kier alpha value is -2.38. The van der Waals surface area contributed by atoms with Crippen LogP contribution in [0.25, 0.3) is 0 Å². The Kier molecular flexibility index (Phi) is 4.13. The summed E-state index contributed by atoms with van der Waals surface area (Å²) in [5, 5.41) is 8.96. The normalized spacial score (nSPS) is 20.0. The molecule has 0 unspecified atom stereocenters. The summed E-state index contributed by atoms with van der Waals surface area (Å²) in [5.74, 6) is 6.45. The number of nitrogens with zero attached hydrogens (tertiary/aromatic N) is 2. The summed E-state index contributed by atoms with van der Waals surface area (Å²) < 4.78 is 5.62. The van der Waals surface area contributed by atoms with Crippen LogP contribution in [0.3, 0.4) is 0 Å². The van der Waals surface area contributed by atoms with Gasteiger partial charge in [0.25, 0.3) is 0 Å². The number of aliphatic hydroxyl groups is 1. The molecule has 1 fully saturated rings. The van der Waals surface area contributed by atoms with E-state index in [1.54, 1.807) is 12.4 Å². The van der Waals surface area contributed by atoms with E-state index < -0.39 is 0 Å². The van der Waals surface area contributed by atoms with Crippen LogP contribution >= 0.6 is 0 Å². The van der Waals surface area contributed by atoms with Crippen molar-refractivity contribution in [2.75, 3.05) is 6.61 Å². The lowest BCUT2D eigenvalue weighted by molar-refractivity contribution is 0.0264. The number of aliphatic hydroxyl groups excluding tert-OH is 1. The standard InChI is InChI=1S/C17H16N2O2/c20-12-15-8-16(9-15)21-17-18-10-14(11-19-17)7-6-13-4-2-1-3-5-13/h1-5,10-11,15-16,20H,8-9,12H2/t15-,16-. The molecule has 0 aliphatic heterocycles. The summed E-state index contributed by atoms with van der Waals surface area (Å²) >= 11 is 0. The maximum absolute atomic E-state index is 8.96. The highest BCUT2D eigenvalue weighted by Crippen LogP contribution is 2.29. The summed E-state index contributed by atoms with van der Waals surface area (Å²) in [6, 6.07) is 10.2. The lowest BCUT2D eigenvalue weighted by Crippen LogP contribution is -2.36. The van der Waals surface area contributed by atoms with E-state index in [2.05, 4.69) is 21.8 Å². The lowest BCUT2D eigenvalue weighted by atomic mass is 9.83. The fourth-order valence-corrected chi connectivity index (χ4v) is 2.18. The fourth-order valence-electron chi connectivity index (χ4n) is 2.18. The van der Waals surface area contributed by atoms with E-state index in [0.29, 0.717) is 11.9 Å². The van der Waals surface area contributed by atoms with Gasteiger partial charge in [-0.15, -0.1) is 0 Å². The number of benzene rings is 1. The van der Waals surface area contributed by atoms with Crippen LogP contribution in [0, 0.1) is 17.8 Å². The third-order valence-corrected chi connectivity index (χ3v) is 3.48. The molecule has 106 valence electrons. The van der Waals surface area contributed by atoms with Crippen LogP contribution in [0.1, 0.15) is 24.0 Å². The Morgan fingerprint density at radius 2 is 1.71 bits per heavy atom. The maximum atomic E-state index is 8.96. The van der Waals surface area contributed by atoms with E-state index in [0.717, 1.165) is 24.0 Å². The molecule has 1 aromatic heterocycles. The predicted octanol–water partition coefficient (Wildman–Crippen LogP) is 2.03. The second-order valence-electron chi connectivity index (χ2n) is 5.13. The summed E-state index contributed by atoms with van der Waals surface area (Å²) in [6.45, 7) is 0.231. The smallest absolute Gasteiger partial charge is 0.316 e. The molecule has 0 bridgehead atoms. The number of aromatic nitrogens is 2. The maximum Gasteiger partial charge on any atom is 0.316 e. The molecule has 4 nitrogen and oxygen atoms in total. The highest BCUT2D eigenvalue weighted by Gasteiger charge is 2.30. The van der Waals surface area contributed by atoms with E-state index in [9.17, 15) is 0 Å². The molecule has 0 saturated heterocycles. The first-order valence-corrected chi connectivity index (χ1v) is 7.00. The average molecular weight is 280 g/mol. The molecule has 1 heterocycles. The topological polar surface area (TPSA) is 55.2 Å². The molecule has 1 saturated carbocycles. The van der Waals surface area contributed by atoms with Crippen molar-refractivity contribution < 1.29 is 9.84 Å². The molecule has 4 heteroatoms. The van der Waals surface area contributed by atoms with Crippen molar-refractivity contribution in [3.63, 3.8) is 0 Å². The van der Waals surface area contributed by atoms with Crippen LogP contribution in [0.2, 0.25) is 0 Å². The third kappa shape index (κ3) is 3.59. The van der Waals surface area contributed by atoms with Crippen LogP contribution in [0.5, 0.6) is 6.01 Å². The largest absolute Gasteiger partial charge is 0.460 e. The number of hydrogen-bond acceptors (Lipinski definition) is 4. The molecule has 3 rings (SSSR count). The Labute approximate surface area is 123 Å². The van der Waals surface area contributed by atoms with Crippen molar-refractivity contribution in [2.24, 2.45) is 5.92 Å². The van der Waals surface area contributed by atoms with Gasteiger partial charge in [0.2, 0.25) is 0 Å². The van der Waals surface area contributed by atoms with Crippen molar-refractivity contribution >= 4 is 0 Å². The van der Waals surface area contributed by atoms with Crippen LogP contribution in [-0.2, 0) is 0 Å². The molecule has 1 aromatic carbocycles.